The second kappa shape index (κ2) is 4.96. The van der Waals surface area contributed by atoms with Gasteiger partial charge in [-0.05, 0) is 18.2 Å². The Balaban J connectivity index is 1.72. The zero-order chi connectivity index (χ0) is 13.9. The Bertz CT molecular complexity index is 800. The molecule has 3 heterocycles. The first-order valence-corrected chi connectivity index (χ1v) is 5.98. The Morgan fingerprint density at radius 3 is 3.00 bits per heavy atom. The molecule has 1 amide bonds. The summed E-state index contributed by atoms with van der Waals surface area (Å²) in [5, 5.41) is 9.72. The lowest BCUT2D eigenvalue weighted by atomic mass is 10.2. The predicted molar refractivity (Wildman–Crippen MR) is 72.1 cm³/mol. The van der Waals surface area contributed by atoms with Crippen molar-refractivity contribution >= 4 is 16.9 Å². The molecular weight excluding hydrogens is 258 g/mol. The zero-order valence-corrected chi connectivity index (χ0v) is 10.4. The highest BCUT2D eigenvalue weighted by Gasteiger charge is 2.07. The Hall–Kier alpha value is -2.96. The fraction of sp³-hybridized carbons (Fsp3) is 0.0769. The molecule has 0 aromatic carbocycles. The van der Waals surface area contributed by atoms with Crippen LogP contribution in [0.3, 0.4) is 0 Å². The molecule has 3 rings (SSSR count). The number of H-pyrrole nitrogens is 2. The van der Waals surface area contributed by atoms with Gasteiger partial charge in [-0.1, -0.05) is 0 Å². The highest BCUT2D eigenvalue weighted by molar-refractivity contribution is 5.96. The van der Waals surface area contributed by atoms with Crippen LogP contribution in [0, 0.1) is 0 Å². The van der Waals surface area contributed by atoms with Gasteiger partial charge in [0.1, 0.15) is 5.65 Å². The van der Waals surface area contributed by atoms with E-state index < -0.39 is 0 Å². The number of nitrogens with zero attached hydrogens (tertiary/aromatic N) is 2. The van der Waals surface area contributed by atoms with E-state index in [2.05, 4.69) is 25.5 Å². The van der Waals surface area contributed by atoms with Crippen LogP contribution in [0.1, 0.15) is 16.1 Å². The SMILES string of the molecule is O=C(NCc1ccc(=O)[nH]n1)c1cnc2[nH]ccc2c1. The topological polar surface area (TPSA) is 104 Å². The number of amides is 1. The van der Waals surface area contributed by atoms with Gasteiger partial charge in [0, 0.05) is 23.8 Å². The number of hydrogen-bond donors (Lipinski definition) is 3. The molecule has 0 radical (unpaired) electrons. The molecule has 0 atom stereocenters. The second-order valence-corrected chi connectivity index (χ2v) is 4.23. The van der Waals surface area contributed by atoms with Crippen LogP contribution in [0.2, 0.25) is 0 Å². The van der Waals surface area contributed by atoms with Crippen molar-refractivity contribution in [3.05, 3.63) is 58.3 Å². The van der Waals surface area contributed by atoms with E-state index in [0.717, 1.165) is 11.0 Å². The Morgan fingerprint density at radius 1 is 1.30 bits per heavy atom. The van der Waals surface area contributed by atoms with Crippen molar-refractivity contribution in [2.45, 2.75) is 6.54 Å². The third kappa shape index (κ3) is 2.41. The number of carbonyl (C=O) groups is 1. The normalized spacial score (nSPS) is 10.6. The molecule has 0 aliphatic heterocycles. The van der Waals surface area contributed by atoms with Crippen molar-refractivity contribution in [1.82, 2.24) is 25.5 Å². The van der Waals surface area contributed by atoms with Gasteiger partial charge in [0.05, 0.1) is 17.8 Å². The van der Waals surface area contributed by atoms with Gasteiger partial charge in [-0.25, -0.2) is 10.1 Å². The summed E-state index contributed by atoms with van der Waals surface area (Å²) >= 11 is 0. The van der Waals surface area contributed by atoms with Crippen LogP contribution in [0.15, 0.2) is 41.5 Å². The first kappa shape index (κ1) is 12.1. The van der Waals surface area contributed by atoms with Gasteiger partial charge < -0.3 is 10.3 Å². The molecule has 0 unspecified atom stereocenters. The average molecular weight is 269 g/mol. The Morgan fingerprint density at radius 2 is 2.20 bits per heavy atom. The zero-order valence-electron chi connectivity index (χ0n) is 10.4. The third-order valence-electron chi connectivity index (χ3n) is 2.83. The van der Waals surface area contributed by atoms with Gasteiger partial charge in [-0.2, -0.15) is 5.10 Å². The summed E-state index contributed by atoms with van der Waals surface area (Å²) in [5.74, 6) is -0.242. The molecule has 100 valence electrons. The van der Waals surface area contributed by atoms with Crippen LogP contribution < -0.4 is 10.9 Å². The number of aromatic nitrogens is 4. The maximum atomic E-state index is 12.0. The number of nitrogens with one attached hydrogen (secondary N) is 3. The average Bonchev–Trinajstić information content (AvgIpc) is 2.93. The maximum Gasteiger partial charge on any atom is 0.264 e. The van der Waals surface area contributed by atoms with E-state index in [4.69, 9.17) is 0 Å². The number of aromatic amines is 2. The first-order valence-electron chi connectivity index (χ1n) is 5.98. The fourth-order valence-electron chi connectivity index (χ4n) is 1.81. The maximum absolute atomic E-state index is 12.0. The molecule has 0 aliphatic carbocycles. The van der Waals surface area contributed by atoms with E-state index in [0.29, 0.717) is 11.3 Å². The van der Waals surface area contributed by atoms with E-state index in [1.54, 1.807) is 18.3 Å². The van der Waals surface area contributed by atoms with Crippen LogP contribution >= 0.6 is 0 Å². The van der Waals surface area contributed by atoms with Crippen LogP contribution in [0.4, 0.5) is 0 Å². The highest BCUT2D eigenvalue weighted by atomic mass is 16.1. The van der Waals surface area contributed by atoms with E-state index in [9.17, 15) is 9.59 Å². The minimum absolute atomic E-state index is 0.237. The predicted octanol–water partition coefficient (Wildman–Crippen LogP) is 0.576. The second-order valence-electron chi connectivity index (χ2n) is 4.23. The van der Waals surface area contributed by atoms with Gasteiger partial charge in [-0.15, -0.1) is 0 Å². The standard InChI is InChI=1S/C13H11N5O2/c19-11-2-1-10(17-18-11)7-16-13(20)9-5-8-3-4-14-12(8)15-6-9/h1-6H,7H2,(H,14,15)(H,16,20)(H,18,19). The third-order valence-corrected chi connectivity index (χ3v) is 2.83. The van der Waals surface area contributed by atoms with Gasteiger partial charge in [0.25, 0.3) is 11.5 Å². The van der Waals surface area contributed by atoms with Crippen molar-refractivity contribution in [3.63, 3.8) is 0 Å². The lowest BCUT2D eigenvalue weighted by molar-refractivity contribution is 0.0950. The largest absolute Gasteiger partial charge is 0.346 e. The Labute approximate surface area is 113 Å². The minimum atomic E-state index is -0.276. The summed E-state index contributed by atoms with van der Waals surface area (Å²) < 4.78 is 0. The number of rotatable bonds is 3. The van der Waals surface area contributed by atoms with Crippen LogP contribution in [-0.2, 0) is 6.54 Å². The molecule has 0 saturated heterocycles. The van der Waals surface area contributed by atoms with Gasteiger partial charge in [0.2, 0.25) is 0 Å². The fourth-order valence-corrected chi connectivity index (χ4v) is 1.81. The minimum Gasteiger partial charge on any atom is -0.346 e. The van der Waals surface area contributed by atoms with Gasteiger partial charge >= 0.3 is 0 Å². The molecule has 0 bridgehead atoms. The van der Waals surface area contributed by atoms with Crippen LogP contribution in [0.25, 0.3) is 11.0 Å². The van der Waals surface area contributed by atoms with E-state index in [1.807, 2.05) is 6.07 Å². The number of carbonyl (C=O) groups excluding carboxylic acids is 1. The molecule has 0 saturated carbocycles. The molecule has 3 N–H and O–H groups in total. The molecule has 3 aromatic heterocycles. The smallest absolute Gasteiger partial charge is 0.264 e. The monoisotopic (exact) mass is 269 g/mol. The summed E-state index contributed by atoms with van der Waals surface area (Å²) in [6.45, 7) is 0.237. The molecule has 3 aromatic rings. The lowest BCUT2D eigenvalue weighted by Gasteiger charge is -2.04. The summed E-state index contributed by atoms with van der Waals surface area (Å²) in [6, 6.07) is 6.53. The summed E-state index contributed by atoms with van der Waals surface area (Å²) in [7, 11) is 0. The van der Waals surface area contributed by atoms with Crippen LogP contribution in [-0.4, -0.2) is 26.1 Å². The molecule has 7 nitrogen and oxygen atoms in total. The molecule has 0 aliphatic rings. The molecule has 0 spiro atoms. The van der Waals surface area contributed by atoms with E-state index in [-0.39, 0.29) is 18.0 Å². The van der Waals surface area contributed by atoms with Crippen molar-refractivity contribution in [2.24, 2.45) is 0 Å². The first-order chi connectivity index (χ1) is 9.72. The molecule has 7 heteroatoms. The molecule has 20 heavy (non-hydrogen) atoms. The Kier molecular flexibility index (Phi) is 3.00. The summed E-state index contributed by atoms with van der Waals surface area (Å²) in [6.07, 6.45) is 3.28. The number of pyridine rings is 1. The van der Waals surface area contributed by atoms with E-state index in [1.165, 1.54) is 12.3 Å². The number of fused-ring (bicyclic) bond motifs is 1. The van der Waals surface area contributed by atoms with Crippen molar-refractivity contribution < 1.29 is 4.79 Å². The molecular formula is C13H11N5O2. The van der Waals surface area contributed by atoms with Crippen molar-refractivity contribution in [2.75, 3.05) is 0 Å². The quantitative estimate of drug-likeness (QED) is 0.646. The van der Waals surface area contributed by atoms with Crippen molar-refractivity contribution in [1.29, 1.82) is 0 Å². The van der Waals surface area contributed by atoms with Gasteiger partial charge in [-0.3, -0.25) is 9.59 Å². The van der Waals surface area contributed by atoms with Crippen LogP contribution in [0.5, 0.6) is 0 Å². The summed E-state index contributed by atoms with van der Waals surface area (Å²) in [4.78, 5) is 30.0. The number of hydrogen-bond acceptors (Lipinski definition) is 4. The lowest BCUT2D eigenvalue weighted by Crippen LogP contribution is -2.24. The highest BCUT2D eigenvalue weighted by Crippen LogP contribution is 2.11. The van der Waals surface area contributed by atoms with Crippen molar-refractivity contribution in [3.8, 4) is 0 Å². The summed E-state index contributed by atoms with van der Waals surface area (Å²) in [5.41, 5.74) is 1.51. The van der Waals surface area contributed by atoms with E-state index >= 15 is 0 Å². The molecule has 0 fully saturated rings. The van der Waals surface area contributed by atoms with Gasteiger partial charge in [0.15, 0.2) is 0 Å².